The molecule has 7 nitrogen and oxygen atoms in total. The smallest absolute Gasteiger partial charge is 0.167 e. The Morgan fingerprint density at radius 2 is 0.930 bits per heavy atom. The van der Waals surface area contributed by atoms with Crippen LogP contribution < -0.4 is 0 Å². The highest BCUT2D eigenvalue weighted by Gasteiger charge is 2.22. The van der Waals surface area contributed by atoms with Gasteiger partial charge in [-0.25, -0.2) is 24.9 Å². The van der Waals surface area contributed by atoms with Gasteiger partial charge in [0, 0.05) is 48.3 Å². The van der Waals surface area contributed by atoms with Crippen molar-refractivity contribution >= 4 is 75.5 Å². The summed E-state index contributed by atoms with van der Waals surface area (Å²) in [5.74, 6) is 2.22. The van der Waals surface area contributed by atoms with E-state index >= 15 is 0 Å². The van der Waals surface area contributed by atoms with Gasteiger partial charge in [-0.1, -0.05) is 127 Å². The fourth-order valence-electron chi connectivity index (χ4n) is 7.88. The van der Waals surface area contributed by atoms with Crippen molar-refractivity contribution in [1.82, 2.24) is 24.9 Å². The molecule has 0 amide bonds. The van der Waals surface area contributed by atoms with E-state index in [1.54, 1.807) is 11.3 Å². The van der Waals surface area contributed by atoms with Crippen LogP contribution in [0.25, 0.3) is 121 Å². The maximum Gasteiger partial charge on any atom is 0.167 e. The van der Waals surface area contributed by atoms with E-state index < -0.39 is 0 Å². The number of aromatic nitrogens is 5. The summed E-state index contributed by atoms with van der Waals surface area (Å²) in [5.41, 5.74) is 9.17. The van der Waals surface area contributed by atoms with Crippen LogP contribution in [-0.2, 0) is 0 Å². The van der Waals surface area contributed by atoms with Crippen LogP contribution in [0.15, 0.2) is 173 Å². The summed E-state index contributed by atoms with van der Waals surface area (Å²) in [6, 6.07) is 55.2. The molecule has 266 valence electrons. The maximum absolute atomic E-state index is 6.79. The molecule has 0 aliphatic heterocycles. The van der Waals surface area contributed by atoms with Gasteiger partial charge in [-0.05, 0) is 36.4 Å². The molecule has 0 saturated heterocycles. The first kappa shape index (κ1) is 31.8. The lowest BCUT2D eigenvalue weighted by Crippen LogP contribution is -2.00. The number of para-hydroxylation sites is 3. The van der Waals surface area contributed by atoms with Crippen LogP contribution >= 0.6 is 11.3 Å². The van der Waals surface area contributed by atoms with Crippen LogP contribution in [0.2, 0.25) is 0 Å². The number of rotatable bonds is 5. The molecule has 8 heteroatoms. The minimum absolute atomic E-state index is 0.502. The van der Waals surface area contributed by atoms with Crippen molar-refractivity contribution in [2.75, 3.05) is 0 Å². The molecule has 0 N–H and O–H groups in total. The highest BCUT2D eigenvalue weighted by atomic mass is 32.1. The standard InChI is InChI=1S/C49H27N5O2S/c1-3-13-28(14-4-1)41-45-42(35-18-8-10-24-40(35)57-45)51-47(50-41)30-25-26-32-34-20-12-22-37(44(34)56-39(32)27-30)49-53-46(29-15-5-2-6-16-29)52-48(54-49)36-21-11-19-33-31-17-7-9-23-38(31)55-43(33)36/h1-27H. The normalized spacial score (nSPS) is 11.9. The third kappa shape index (κ3) is 5.08. The molecule has 0 radical (unpaired) electrons. The Labute approximate surface area is 328 Å². The minimum Gasteiger partial charge on any atom is -0.455 e. The van der Waals surface area contributed by atoms with Gasteiger partial charge in [-0.15, -0.1) is 11.3 Å². The molecule has 57 heavy (non-hydrogen) atoms. The van der Waals surface area contributed by atoms with Crippen molar-refractivity contribution in [2.45, 2.75) is 0 Å². The predicted molar refractivity (Wildman–Crippen MR) is 230 cm³/mol. The fourth-order valence-corrected chi connectivity index (χ4v) is 9.04. The zero-order chi connectivity index (χ0) is 37.5. The molecule has 0 fully saturated rings. The zero-order valence-electron chi connectivity index (χ0n) is 30.0. The zero-order valence-corrected chi connectivity index (χ0v) is 30.9. The maximum atomic E-state index is 6.79. The summed E-state index contributed by atoms with van der Waals surface area (Å²) in [7, 11) is 0. The van der Waals surface area contributed by atoms with Gasteiger partial charge in [0.1, 0.15) is 22.3 Å². The number of hydrogen-bond acceptors (Lipinski definition) is 8. The molecule has 12 rings (SSSR count). The van der Waals surface area contributed by atoms with E-state index in [2.05, 4.69) is 66.7 Å². The van der Waals surface area contributed by atoms with Crippen molar-refractivity contribution in [1.29, 1.82) is 0 Å². The molecular weight excluding hydrogens is 723 g/mol. The average molecular weight is 750 g/mol. The lowest BCUT2D eigenvalue weighted by atomic mass is 10.1. The van der Waals surface area contributed by atoms with Crippen LogP contribution in [-0.4, -0.2) is 24.9 Å². The van der Waals surface area contributed by atoms with Crippen LogP contribution in [0.4, 0.5) is 0 Å². The highest BCUT2D eigenvalue weighted by Crippen LogP contribution is 2.42. The fraction of sp³-hybridized carbons (Fsp3) is 0. The van der Waals surface area contributed by atoms with E-state index in [-0.39, 0.29) is 0 Å². The number of benzene rings is 7. The van der Waals surface area contributed by atoms with Crippen molar-refractivity contribution in [2.24, 2.45) is 0 Å². The molecule has 7 aromatic carbocycles. The molecule has 0 spiro atoms. The molecule has 5 heterocycles. The number of nitrogens with zero attached hydrogens (tertiary/aromatic N) is 5. The largest absolute Gasteiger partial charge is 0.455 e. The van der Waals surface area contributed by atoms with Crippen molar-refractivity contribution in [3.05, 3.63) is 164 Å². The second-order valence-electron chi connectivity index (χ2n) is 14.0. The van der Waals surface area contributed by atoms with Gasteiger partial charge < -0.3 is 8.83 Å². The van der Waals surface area contributed by atoms with Gasteiger partial charge in [0.05, 0.1) is 27.0 Å². The summed E-state index contributed by atoms with van der Waals surface area (Å²) in [5, 5.41) is 5.11. The second-order valence-corrected chi connectivity index (χ2v) is 15.0. The van der Waals surface area contributed by atoms with Gasteiger partial charge in [-0.3, -0.25) is 0 Å². The van der Waals surface area contributed by atoms with E-state index in [1.165, 1.54) is 4.70 Å². The van der Waals surface area contributed by atoms with Gasteiger partial charge in [0.25, 0.3) is 0 Å². The quantitative estimate of drug-likeness (QED) is 0.173. The summed E-state index contributed by atoms with van der Waals surface area (Å²) in [4.78, 5) is 25.6. The SMILES string of the molecule is c1ccc(-c2nc(-c3cccc4c3oc3ccccc34)nc(-c3cccc4c3oc3cc(-c5nc(-c6ccccc6)c6sc7ccccc7c6n5)ccc34)n2)cc1. The Hall–Kier alpha value is -7.55. The van der Waals surface area contributed by atoms with Gasteiger partial charge in [0.2, 0.25) is 0 Å². The summed E-state index contributed by atoms with van der Waals surface area (Å²) in [6.07, 6.45) is 0. The lowest BCUT2D eigenvalue weighted by molar-refractivity contribution is 0.669. The first-order valence-electron chi connectivity index (χ1n) is 18.7. The van der Waals surface area contributed by atoms with E-state index in [4.69, 9.17) is 33.8 Å². The Balaban J connectivity index is 1.04. The summed E-state index contributed by atoms with van der Waals surface area (Å²) >= 11 is 1.73. The van der Waals surface area contributed by atoms with E-state index in [9.17, 15) is 0 Å². The van der Waals surface area contributed by atoms with Crippen LogP contribution in [0, 0.1) is 0 Å². The van der Waals surface area contributed by atoms with E-state index in [1.807, 2.05) is 97.1 Å². The Morgan fingerprint density at radius 3 is 1.67 bits per heavy atom. The molecule has 12 aromatic rings. The predicted octanol–water partition coefficient (Wildman–Crippen LogP) is 13.2. The first-order valence-corrected chi connectivity index (χ1v) is 19.5. The summed E-state index contributed by atoms with van der Waals surface area (Å²) in [6.45, 7) is 0. The van der Waals surface area contributed by atoms with Crippen molar-refractivity contribution < 1.29 is 8.83 Å². The third-order valence-corrected chi connectivity index (χ3v) is 11.7. The number of fused-ring (bicyclic) bond motifs is 9. The monoisotopic (exact) mass is 749 g/mol. The van der Waals surface area contributed by atoms with E-state index in [0.29, 0.717) is 28.9 Å². The van der Waals surface area contributed by atoms with Crippen LogP contribution in [0.3, 0.4) is 0 Å². The van der Waals surface area contributed by atoms with Crippen molar-refractivity contribution in [3.63, 3.8) is 0 Å². The molecule has 0 atom stereocenters. The highest BCUT2D eigenvalue weighted by molar-refractivity contribution is 7.26. The lowest BCUT2D eigenvalue weighted by Gasteiger charge is -2.09. The molecule has 0 bridgehead atoms. The Morgan fingerprint density at radius 1 is 0.368 bits per heavy atom. The number of furan rings is 2. The third-order valence-electron chi connectivity index (χ3n) is 10.6. The number of hydrogen-bond donors (Lipinski definition) is 0. The minimum atomic E-state index is 0.502. The van der Waals surface area contributed by atoms with Gasteiger partial charge in [0.15, 0.2) is 23.3 Å². The van der Waals surface area contributed by atoms with Gasteiger partial charge >= 0.3 is 0 Å². The molecule has 0 saturated carbocycles. The van der Waals surface area contributed by atoms with Crippen LogP contribution in [0.5, 0.6) is 0 Å². The van der Waals surface area contributed by atoms with Crippen LogP contribution in [0.1, 0.15) is 0 Å². The molecule has 0 aliphatic rings. The Bertz CT molecular complexity index is 3540. The Kier molecular flexibility index (Phi) is 6.96. The van der Waals surface area contributed by atoms with Crippen molar-refractivity contribution in [3.8, 4) is 56.8 Å². The first-order chi connectivity index (χ1) is 28.2. The molecular formula is C49H27N5O2S. The average Bonchev–Trinajstić information content (AvgIpc) is 3.97. The summed E-state index contributed by atoms with van der Waals surface area (Å²) < 4.78 is 15.5. The molecule has 0 aliphatic carbocycles. The van der Waals surface area contributed by atoms with E-state index in [0.717, 1.165) is 87.4 Å². The molecule has 5 aromatic heterocycles. The molecule has 0 unspecified atom stereocenters. The van der Waals surface area contributed by atoms with Gasteiger partial charge in [-0.2, -0.15) is 0 Å². The topological polar surface area (TPSA) is 90.7 Å². The number of thiophene rings is 1. The second kappa shape index (κ2) is 12.5.